The van der Waals surface area contributed by atoms with Crippen molar-refractivity contribution in [2.24, 2.45) is 0 Å². The summed E-state index contributed by atoms with van der Waals surface area (Å²) in [6, 6.07) is 9.18. The second-order valence-corrected chi connectivity index (χ2v) is 7.76. The first-order chi connectivity index (χ1) is 14.7. The number of thioether (sulfide) groups is 1. The van der Waals surface area contributed by atoms with Crippen LogP contribution in [0.2, 0.25) is 0 Å². The Morgan fingerprint density at radius 2 is 2.10 bits per heavy atom. The first-order valence-corrected chi connectivity index (χ1v) is 10.6. The van der Waals surface area contributed by atoms with E-state index in [2.05, 4.69) is 20.6 Å². The highest BCUT2D eigenvalue weighted by atomic mass is 32.2. The van der Waals surface area contributed by atoms with Crippen LogP contribution in [0.3, 0.4) is 0 Å². The maximum Gasteiger partial charge on any atom is 0.230 e. The van der Waals surface area contributed by atoms with E-state index in [0.717, 1.165) is 25.0 Å². The molecule has 1 amide bonds. The molecule has 9 nitrogen and oxygen atoms in total. The molecule has 0 radical (unpaired) electrons. The van der Waals surface area contributed by atoms with Crippen LogP contribution >= 0.6 is 11.8 Å². The maximum atomic E-state index is 12.1. The zero-order valence-corrected chi connectivity index (χ0v) is 17.6. The van der Waals surface area contributed by atoms with Gasteiger partial charge >= 0.3 is 0 Å². The molecule has 0 spiro atoms. The van der Waals surface area contributed by atoms with Gasteiger partial charge in [0, 0.05) is 18.7 Å². The molecule has 0 bridgehead atoms. The highest BCUT2D eigenvalue weighted by molar-refractivity contribution is 7.99. The molecule has 158 valence electrons. The lowest BCUT2D eigenvalue weighted by Gasteiger charge is -2.10. The Morgan fingerprint density at radius 1 is 1.23 bits per heavy atom. The van der Waals surface area contributed by atoms with Gasteiger partial charge in [0.25, 0.3) is 0 Å². The minimum atomic E-state index is -0.0405. The van der Waals surface area contributed by atoms with Gasteiger partial charge in [0.15, 0.2) is 23.0 Å². The summed E-state index contributed by atoms with van der Waals surface area (Å²) < 4.78 is 17.8. The normalized spacial score (nSPS) is 16.0. The molecule has 1 aliphatic heterocycles. The number of nitrogens with zero attached hydrogens (tertiary/aromatic N) is 4. The molecule has 0 saturated carbocycles. The lowest BCUT2D eigenvalue weighted by Crippen LogP contribution is -2.32. The van der Waals surface area contributed by atoms with Crippen molar-refractivity contribution in [2.75, 3.05) is 33.1 Å². The molecule has 1 saturated heterocycles. The van der Waals surface area contributed by atoms with Crippen LogP contribution in [0.25, 0.3) is 17.0 Å². The Bertz CT molecular complexity index is 1040. The highest BCUT2D eigenvalue weighted by Crippen LogP contribution is 2.31. The summed E-state index contributed by atoms with van der Waals surface area (Å²) in [5.41, 5.74) is 1.41. The Balaban J connectivity index is 1.47. The van der Waals surface area contributed by atoms with Crippen LogP contribution in [0.5, 0.6) is 11.5 Å². The number of rotatable bonds is 8. The number of carbonyl (C=O) groups excluding carboxylic acids is 1. The number of fused-ring (bicyclic) bond motifs is 1. The summed E-state index contributed by atoms with van der Waals surface area (Å²) in [7, 11) is 3.17. The third-order valence-electron chi connectivity index (χ3n) is 4.78. The van der Waals surface area contributed by atoms with Gasteiger partial charge in [-0.15, -0.1) is 10.2 Å². The first-order valence-electron chi connectivity index (χ1n) is 9.64. The first kappa shape index (κ1) is 20.4. The molecule has 10 heteroatoms. The summed E-state index contributed by atoms with van der Waals surface area (Å²) in [5, 5.41) is 16.7. The largest absolute Gasteiger partial charge is 0.493 e. The van der Waals surface area contributed by atoms with Crippen LogP contribution in [0.4, 0.5) is 0 Å². The van der Waals surface area contributed by atoms with Crippen molar-refractivity contribution in [1.29, 1.82) is 0 Å². The average molecular weight is 430 g/mol. The summed E-state index contributed by atoms with van der Waals surface area (Å²) in [5.74, 6) is 2.05. The number of nitrogens with one attached hydrogen (secondary N) is 1. The molecular formula is C20H23N5O4S. The van der Waals surface area contributed by atoms with Crippen LogP contribution in [0.1, 0.15) is 12.8 Å². The van der Waals surface area contributed by atoms with Crippen LogP contribution < -0.4 is 14.8 Å². The monoisotopic (exact) mass is 429 g/mol. The van der Waals surface area contributed by atoms with Gasteiger partial charge in [0.1, 0.15) is 5.03 Å². The van der Waals surface area contributed by atoms with Crippen molar-refractivity contribution in [3.63, 3.8) is 0 Å². The van der Waals surface area contributed by atoms with Crippen LogP contribution in [-0.2, 0) is 9.53 Å². The fraction of sp³-hybridized carbons (Fsp3) is 0.400. The number of carbonyl (C=O) groups is 1. The zero-order chi connectivity index (χ0) is 20.9. The predicted molar refractivity (Wildman–Crippen MR) is 112 cm³/mol. The van der Waals surface area contributed by atoms with E-state index in [1.54, 1.807) is 18.7 Å². The second kappa shape index (κ2) is 9.31. The van der Waals surface area contributed by atoms with E-state index in [-0.39, 0.29) is 17.8 Å². The van der Waals surface area contributed by atoms with Gasteiger partial charge in [-0.25, -0.2) is 0 Å². The highest BCUT2D eigenvalue weighted by Gasteiger charge is 2.17. The van der Waals surface area contributed by atoms with E-state index < -0.39 is 0 Å². The Kier molecular flexibility index (Phi) is 6.34. The smallest absolute Gasteiger partial charge is 0.230 e. The maximum absolute atomic E-state index is 12.1. The van der Waals surface area contributed by atoms with Gasteiger partial charge in [-0.05, 0) is 43.2 Å². The van der Waals surface area contributed by atoms with Crippen molar-refractivity contribution in [1.82, 2.24) is 25.1 Å². The third-order valence-corrected chi connectivity index (χ3v) is 5.70. The van der Waals surface area contributed by atoms with Gasteiger partial charge in [0.2, 0.25) is 5.91 Å². The summed E-state index contributed by atoms with van der Waals surface area (Å²) >= 11 is 1.36. The molecule has 3 aromatic rings. The summed E-state index contributed by atoms with van der Waals surface area (Å²) in [6.07, 6.45) is 2.19. The molecule has 1 fully saturated rings. The van der Waals surface area contributed by atoms with Crippen molar-refractivity contribution in [3.8, 4) is 22.9 Å². The third kappa shape index (κ3) is 4.49. The van der Waals surface area contributed by atoms with Gasteiger partial charge < -0.3 is 19.5 Å². The van der Waals surface area contributed by atoms with E-state index >= 15 is 0 Å². The Labute approximate surface area is 178 Å². The van der Waals surface area contributed by atoms with Gasteiger partial charge in [0.05, 0.1) is 26.1 Å². The molecule has 0 aliphatic carbocycles. The minimum absolute atomic E-state index is 0.0405. The average Bonchev–Trinajstić information content (AvgIpc) is 3.45. The zero-order valence-electron chi connectivity index (χ0n) is 16.8. The quantitative estimate of drug-likeness (QED) is 0.544. The molecule has 3 heterocycles. The second-order valence-electron chi connectivity index (χ2n) is 6.76. The van der Waals surface area contributed by atoms with Crippen molar-refractivity contribution < 1.29 is 19.0 Å². The Morgan fingerprint density at radius 3 is 2.87 bits per heavy atom. The fourth-order valence-corrected chi connectivity index (χ4v) is 3.91. The van der Waals surface area contributed by atoms with Gasteiger partial charge in [-0.1, -0.05) is 11.8 Å². The predicted octanol–water partition coefficient (Wildman–Crippen LogP) is 2.20. The van der Waals surface area contributed by atoms with E-state index in [1.165, 1.54) is 11.8 Å². The van der Waals surface area contributed by atoms with Crippen molar-refractivity contribution in [3.05, 3.63) is 30.3 Å². The number of aromatic nitrogens is 4. The van der Waals surface area contributed by atoms with Crippen LogP contribution in [0.15, 0.2) is 35.4 Å². The molecule has 0 unspecified atom stereocenters. The molecule has 30 heavy (non-hydrogen) atoms. The molecule has 2 aromatic heterocycles. The van der Waals surface area contributed by atoms with Crippen molar-refractivity contribution in [2.45, 2.75) is 24.0 Å². The summed E-state index contributed by atoms with van der Waals surface area (Å²) in [6.45, 7) is 1.33. The van der Waals surface area contributed by atoms with Crippen LogP contribution in [0, 0.1) is 0 Å². The molecule has 1 atom stereocenters. The molecule has 1 aliphatic rings. The number of hydrogen-bond donors (Lipinski definition) is 1. The molecule has 4 rings (SSSR count). The van der Waals surface area contributed by atoms with E-state index in [1.807, 2.05) is 30.3 Å². The fourth-order valence-electron chi connectivity index (χ4n) is 3.23. The molecule has 1 aromatic carbocycles. The number of benzene rings is 1. The SMILES string of the molecule is COc1ccc(-c2nnc3ccc(SCC(=O)NC[C@@H]4CCCO4)nn23)cc1OC. The minimum Gasteiger partial charge on any atom is -0.493 e. The van der Waals surface area contributed by atoms with E-state index in [9.17, 15) is 4.79 Å². The van der Waals surface area contributed by atoms with Gasteiger partial charge in [-0.3, -0.25) is 4.79 Å². The topological polar surface area (TPSA) is 99.9 Å². The lowest BCUT2D eigenvalue weighted by atomic mass is 10.2. The lowest BCUT2D eigenvalue weighted by molar-refractivity contribution is -0.119. The number of hydrogen-bond acceptors (Lipinski definition) is 8. The molecular weight excluding hydrogens is 406 g/mol. The number of amides is 1. The Hall–Kier alpha value is -2.85. The van der Waals surface area contributed by atoms with E-state index in [4.69, 9.17) is 14.2 Å². The summed E-state index contributed by atoms with van der Waals surface area (Å²) in [4.78, 5) is 12.1. The van der Waals surface area contributed by atoms with E-state index in [0.29, 0.717) is 34.5 Å². The van der Waals surface area contributed by atoms with Crippen molar-refractivity contribution >= 4 is 23.3 Å². The van der Waals surface area contributed by atoms with Crippen LogP contribution in [-0.4, -0.2) is 64.9 Å². The number of ether oxygens (including phenoxy) is 3. The molecule has 1 N–H and O–H groups in total. The number of methoxy groups -OCH3 is 2. The van der Waals surface area contributed by atoms with Gasteiger partial charge in [-0.2, -0.15) is 9.61 Å². The standard InChI is InChI=1S/C20H23N5O4S/c1-27-15-6-5-13(10-16(15)28-2)20-23-22-17-7-8-19(24-25(17)20)30-12-18(26)21-11-14-4-3-9-29-14/h5-8,10,14H,3-4,9,11-12H2,1-2H3,(H,21,26)/t14-/m0/s1.